The monoisotopic (exact) mass is 443 g/mol. The van der Waals surface area contributed by atoms with E-state index in [1.54, 1.807) is 0 Å². The lowest BCUT2D eigenvalue weighted by Gasteiger charge is -2.34. The maximum atomic E-state index is 11.1. The van der Waals surface area contributed by atoms with Gasteiger partial charge in [-0.25, -0.2) is 4.99 Å². The number of nitrogens with zero attached hydrogens (tertiary/aromatic N) is 2. The first-order valence-electron chi connectivity index (χ1n) is 8.96. The highest BCUT2D eigenvalue weighted by Gasteiger charge is 2.36. The Morgan fingerprint density at radius 3 is 2.96 bits per heavy atom. The first kappa shape index (κ1) is 19.5. The summed E-state index contributed by atoms with van der Waals surface area (Å²) in [5.41, 5.74) is 1.52. The molecule has 2 unspecified atom stereocenters. The lowest BCUT2D eigenvalue weighted by atomic mass is 9.96. The lowest BCUT2D eigenvalue weighted by Crippen LogP contribution is -2.46. The van der Waals surface area contributed by atoms with Crippen LogP contribution in [0.15, 0.2) is 29.3 Å². The Bertz CT molecular complexity index is 577. The van der Waals surface area contributed by atoms with E-state index in [4.69, 9.17) is 4.99 Å². The summed E-state index contributed by atoms with van der Waals surface area (Å²) in [5.74, 6) is 1.67. The third-order valence-electron chi connectivity index (χ3n) is 5.11. The molecule has 134 valence electrons. The summed E-state index contributed by atoms with van der Waals surface area (Å²) in [6.45, 7) is 7.82. The van der Waals surface area contributed by atoms with Crippen LogP contribution in [-0.2, 0) is 12.0 Å². The van der Waals surface area contributed by atoms with Gasteiger partial charge in [0.25, 0.3) is 0 Å². The van der Waals surface area contributed by atoms with Crippen LogP contribution in [-0.4, -0.2) is 42.1 Å². The topological polar surface area (TPSA) is 47.9 Å². The lowest BCUT2D eigenvalue weighted by molar-refractivity contribution is 0.0482. The normalized spacial score (nSPS) is 26.7. The number of benzene rings is 1. The number of piperidine rings is 1. The summed E-state index contributed by atoms with van der Waals surface area (Å²) < 4.78 is 0. The predicted molar refractivity (Wildman–Crippen MR) is 110 cm³/mol. The number of halogens is 1. The van der Waals surface area contributed by atoms with E-state index in [1.807, 2.05) is 18.2 Å². The molecule has 1 fully saturated rings. The molecule has 24 heavy (non-hydrogen) atoms. The molecular weight excluding hydrogens is 413 g/mol. The van der Waals surface area contributed by atoms with Crippen molar-refractivity contribution in [3.05, 3.63) is 35.4 Å². The Morgan fingerprint density at radius 2 is 2.21 bits per heavy atom. The van der Waals surface area contributed by atoms with Crippen LogP contribution in [0, 0.1) is 5.92 Å². The highest BCUT2D eigenvalue weighted by Crippen LogP contribution is 2.36. The molecule has 0 spiro atoms. The van der Waals surface area contributed by atoms with Crippen LogP contribution < -0.4 is 5.32 Å². The molecule has 1 aliphatic heterocycles. The first-order chi connectivity index (χ1) is 11.1. The first-order valence-corrected chi connectivity index (χ1v) is 8.96. The fourth-order valence-corrected chi connectivity index (χ4v) is 3.85. The van der Waals surface area contributed by atoms with E-state index >= 15 is 0 Å². The van der Waals surface area contributed by atoms with Crippen LogP contribution >= 0.6 is 24.0 Å². The summed E-state index contributed by atoms with van der Waals surface area (Å²) in [6.07, 6.45) is 4.23. The van der Waals surface area contributed by atoms with Crippen LogP contribution in [0.25, 0.3) is 0 Å². The fraction of sp³-hybridized carbons (Fsp3) is 0.632. The van der Waals surface area contributed by atoms with E-state index in [2.05, 4.69) is 30.1 Å². The average molecular weight is 443 g/mol. The molecule has 3 rings (SSSR count). The average Bonchev–Trinajstić information content (AvgIpc) is 2.90. The van der Waals surface area contributed by atoms with Gasteiger partial charge in [-0.3, -0.25) is 0 Å². The number of hydrogen-bond donors (Lipinski definition) is 2. The van der Waals surface area contributed by atoms with Crippen molar-refractivity contribution in [2.75, 3.05) is 26.2 Å². The van der Waals surface area contributed by atoms with Gasteiger partial charge in [0.1, 0.15) is 5.60 Å². The number of aliphatic hydroxyl groups is 1. The molecule has 2 atom stereocenters. The van der Waals surface area contributed by atoms with Gasteiger partial charge >= 0.3 is 0 Å². The molecule has 0 aromatic heterocycles. The van der Waals surface area contributed by atoms with Crippen molar-refractivity contribution < 1.29 is 5.11 Å². The molecule has 0 bridgehead atoms. The zero-order valence-electron chi connectivity index (χ0n) is 14.8. The molecule has 0 radical (unpaired) electrons. The number of rotatable bonds is 3. The number of hydrogen-bond acceptors (Lipinski definition) is 2. The SMILES string of the molecule is CCNC(=NCC1(O)CCc2ccccc21)N1CCCC(C)C1.I. The van der Waals surface area contributed by atoms with E-state index in [9.17, 15) is 5.11 Å². The molecule has 4 nitrogen and oxygen atoms in total. The minimum Gasteiger partial charge on any atom is -0.383 e. The van der Waals surface area contributed by atoms with Crippen LogP contribution in [0.1, 0.15) is 44.2 Å². The van der Waals surface area contributed by atoms with Crippen molar-refractivity contribution in [1.82, 2.24) is 10.2 Å². The predicted octanol–water partition coefficient (Wildman–Crippen LogP) is 3.14. The third-order valence-corrected chi connectivity index (χ3v) is 5.11. The summed E-state index contributed by atoms with van der Waals surface area (Å²) >= 11 is 0. The second kappa shape index (κ2) is 8.52. The van der Waals surface area contributed by atoms with Crippen LogP contribution in [0.2, 0.25) is 0 Å². The molecule has 1 aromatic rings. The van der Waals surface area contributed by atoms with Gasteiger partial charge in [-0.05, 0) is 49.7 Å². The quantitative estimate of drug-likeness (QED) is 0.429. The summed E-state index contributed by atoms with van der Waals surface area (Å²) in [7, 11) is 0. The number of fused-ring (bicyclic) bond motifs is 1. The van der Waals surface area contributed by atoms with E-state index in [-0.39, 0.29) is 24.0 Å². The largest absolute Gasteiger partial charge is 0.383 e. The molecule has 5 heteroatoms. The van der Waals surface area contributed by atoms with Crippen LogP contribution in [0.3, 0.4) is 0 Å². The van der Waals surface area contributed by atoms with Gasteiger partial charge in [0.2, 0.25) is 0 Å². The maximum absolute atomic E-state index is 11.1. The Kier molecular flexibility index (Phi) is 6.92. The summed E-state index contributed by atoms with van der Waals surface area (Å²) in [5, 5.41) is 14.5. The van der Waals surface area contributed by atoms with Crippen molar-refractivity contribution in [1.29, 1.82) is 0 Å². The maximum Gasteiger partial charge on any atom is 0.194 e. The molecule has 0 amide bonds. The Hall–Kier alpha value is -0.820. The van der Waals surface area contributed by atoms with E-state index in [1.165, 1.54) is 18.4 Å². The molecule has 1 aliphatic carbocycles. The molecule has 2 aliphatic rings. The number of guanidine groups is 1. The molecule has 1 aromatic carbocycles. The second-order valence-electron chi connectivity index (χ2n) is 7.05. The minimum atomic E-state index is -0.807. The third kappa shape index (κ3) is 4.23. The van der Waals surface area contributed by atoms with Gasteiger partial charge in [0.15, 0.2) is 5.96 Å². The molecule has 0 saturated carbocycles. The number of aliphatic imine (C=N–C) groups is 1. The van der Waals surface area contributed by atoms with Crippen molar-refractivity contribution in [2.24, 2.45) is 10.9 Å². The van der Waals surface area contributed by atoms with Gasteiger partial charge in [0, 0.05) is 19.6 Å². The Morgan fingerprint density at radius 1 is 1.42 bits per heavy atom. The van der Waals surface area contributed by atoms with E-state index in [0.717, 1.165) is 44.0 Å². The number of nitrogens with one attached hydrogen (secondary N) is 1. The molecule has 2 N–H and O–H groups in total. The van der Waals surface area contributed by atoms with E-state index < -0.39 is 5.60 Å². The Balaban J connectivity index is 0.00000208. The number of aryl methyl sites for hydroxylation is 1. The van der Waals surface area contributed by atoms with Gasteiger partial charge in [-0.15, -0.1) is 24.0 Å². The highest BCUT2D eigenvalue weighted by molar-refractivity contribution is 14.0. The minimum absolute atomic E-state index is 0. The number of likely N-dealkylation sites (tertiary alicyclic amines) is 1. The van der Waals surface area contributed by atoms with Crippen molar-refractivity contribution in [2.45, 2.75) is 45.1 Å². The second-order valence-corrected chi connectivity index (χ2v) is 7.05. The van der Waals surface area contributed by atoms with Crippen molar-refractivity contribution in [3.63, 3.8) is 0 Å². The zero-order valence-corrected chi connectivity index (χ0v) is 17.1. The zero-order chi connectivity index (χ0) is 16.3. The van der Waals surface area contributed by atoms with Gasteiger partial charge in [-0.2, -0.15) is 0 Å². The van der Waals surface area contributed by atoms with Gasteiger partial charge in [0.05, 0.1) is 6.54 Å². The van der Waals surface area contributed by atoms with Gasteiger partial charge < -0.3 is 15.3 Å². The molecule has 1 saturated heterocycles. The Labute approximate surface area is 162 Å². The summed E-state index contributed by atoms with van der Waals surface area (Å²) in [6, 6.07) is 8.23. The molecular formula is C19H30IN3O. The van der Waals surface area contributed by atoms with Crippen LogP contribution in [0.4, 0.5) is 0 Å². The highest BCUT2D eigenvalue weighted by atomic mass is 127. The molecule has 1 heterocycles. The standard InChI is InChI=1S/C19H29N3O.HI/c1-3-20-18(22-12-6-7-15(2)13-22)21-14-19(23)11-10-16-8-4-5-9-17(16)19;/h4-5,8-9,15,23H,3,6-7,10-14H2,1-2H3,(H,20,21);1H. The van der Waals surface area contributed by atoms with Gasteiger partial charge in [-0.1, -0.05) is 31.2 Å². The van der Waals surface area contributed by atoms with Crippen LogP contribution in [0.5, 0.6) is 0 Å². The van der Waals surface area contributed by atoms with E-state index in [0.29, 0.717) is 12.5 Å². The fourth-order valence-electron chi connectivity index (χ4n) is 3.85. The van der Waals surface area contributed by atoms with Crippen molar-refractivity contribution >= 4 is 29.9 Å². The van der Waals surface area contributed by atoms with Crippen molar-refractivity contribution in [3.8, 4) is 0 Å². The smallest absolute Gasteiger partial charge is 0.194 e. The summed E-state index contributed by atoms with van der Waals surface area (Å²) in [4.78, 5) is 7.15.